The van der Waals surface area contributed by atoms with Gasteiger partial charge in [-0.25, -0.2) is 8.42 Å². The molecular formula is C29H43N3O5S. The van der Waals surface area contributed by atoms with Gasteiger partial charge in [0.15, 0.2) is 0 Å². The molecule has 0 aliphatic carbocycles. The number of hydrogen-bond donors (Lipinski definition) is 0. The number of carbonyl (C=O) groups excluding carboxylic acids is 1. The largest absolute Gasteiger partial charge is 0.497 e. The summed E-state index contributed by atoms with van der Waals surface area (Å²) in [6.07, 6.45) is 2.43. The average molecular weight is 546 g/mol. The van der Waals surface area contributed by atoms with Crippen LogP contribution in [0.2, 0.25) is 0 Å². The molecule has 0 bridgehead atoms. The number of hydrogen-bond acceptors (Lipinski definition) is 6. The maximum absolute atomic E-state index is 13.8. The topological polar surface area (TPSA) is 79.4 Å². The van der Waals surface area contributed by atoms with Crippen molar-refractivity contribution in [2.24, 2.45) is 0 Å². The lowest BCUT2D eigenvalue weighted by atomic mass is 10.1. The lowest BCUT2D eigenvalue weighted by Gasteiger charge is -2.35. The number of nitrogens with zero attached hydrogens (tertiary/aromatic N) is 3. The molecule has 210 valence electrons. The molecule has 1 amide bonds. The molecule has 1 aliphatic rings. The van der Waals surface area contributed by atoms with E-state index < -0.39 is 10.0 Å². The van der Waals surface area contributed by atoms with Crippen LogP contribution >= 0.6 is 0 Å². The summed E-state index contributed by atoms with van der Waals surface area (Å²) in [5.41, 5.74) is 3.47. The molecule has 9 heteroatoms. The summed E-state index contributed by atoms with van der Waals surface area (Å²) in [7, 11) is 1.83. The monoisotopic (exact) mass is 545 g/mol. The van der Waals surface area contributed by atoms with Gasteiger partial charge in [0.1, 0.15) is 12.4 Å². The molecule has 1 atom stereocenters. The fourth-order valence-corrected chi connectivity index (χ4v) is 7.12. The molecule has 1 saturated heterocycles. The van der Waals surface area contributed by atoms with Gasteiger partial charge in [-0.1, -0.05) is 18.6 Å². The third-order valence-corrected chi connectivity index (χ3v) is 9.35. The average Bonchev–Trinajstić information content (AvgIpc) is 2.86. The Hall–Kier alpha value is -2.62. The highest BCUT2D eigenvalue weighted by Crippen LogP contribution is 2.32. The van der Waals surface area contributed by atoms with E-state index in [0.717, 1.165) is 24.1 Å². The highest BCUT2D eigenvalue weighted by atomic mass is 32.2. The van der Waals surface area contributed by atoms with Crippen molar-refractivity contribution >= 4 is 21.6 Å². The van der Waals surface area contributed by atoms with E-state index in [-0.39, 0.29) is 31.2 Å². The molecular weight excluding hydrogens is 502 g/mol. The second-order valence-electron chi connectivity index (χ2n) is 10.5. The number of anilines is 1. The lowest BCUT2D eigenvalue weighted by molar-refractivity contribution is -0.139. The molecule has 0 aromatic heterocycles. The number of piperidine rings is 1. The van der Waals surface area contributed by atoms with E-state index in [4.69, 9.17) is 9.47 Å². The number of methoxy groups -OCH3 is 1. The van der Waals surface area contributed by atoms with Gasteiger partial charge in [-0.15, -0.1) is 0 Å². The number of benzene rings is 2. The Kier molecular flexibility index (Phi) is 10.2. The summed E-state index contributed by atoms with van der Waals surface area (Å²) >= 11 is 0. The van der Waals surface area contributed by atoms with Crippen LogP contribution in [-0.4, -0.2) is 76.6 Å². The molecule has 1 heterocycles. The molecule has 1 unspecified atom stereocenters. The second-order valence-corrected chi connectivity index (χ2v) is 12.4. The SMILES string of the molecule is COc1cc(C)c(S(=O)(=O)N2CCCCC2COCC(=O)N(Cc2ccc(N(C)C)cc2)C(C)C)c(C)c1. The summed E-state index contributed by atoms with van der Waals surface area (Å²) in [4.78, 5) is 17.3. The minimum atomic E-state index is -3.73. The Bertz CT molecular complexity index is 1170. The van der Waals surface area contributed by atoms with E-state index in [1.807, 2.05) is 57.1 Å². The van der Waals surface area contributed by atoms with E-state index >= 15 is 0 Å². The van der Waals surface area contributed by atoms with Crippen molar-refractivity contribution < 1.29 is 22.7 Å². The van der Waals surface area contributed by atoms with Crippen molar-refractivity contribution in [1.29, 1.82) is 0 Å². The van der Waals surface area contributed by atoms with Crippen LogP contribution in [0.5, 0.6) is 5.75 Å². The number of carbonyl (C=O) groups is 1. The molecule has 3 rings (SSSR count). The van der Waals surface area contributed by atoms with E-state index in [9.17, 15) is 13.2 Å². The third-order valence-electron chi connectivity index (χ3n) is 7.09. The highest BCUT2D eigenvalue weighted by Gasteiger charge is 2.35. The van der Waals surface area contributed by atoms with Gasteiger partial charge in [-0.3, -0.25) is 4.79 Å². The Balaban J connectivity index is 1.67. The highest BCUT2D eigenvalue weighted by molar-refractivity contribution is 7.89. The number of sulfonamides is 1. The smallest absolute Gasteiger partial charge is 0.249 e. The second kappa shape index (κ2) is 13.0. The van der Waals surface area contributed by atoms with Crippen LogP contribution in [0.1, 0.15) is 49.8 Å². The summed E-state index contributed by atoms with van der Waals surface area (Å²) in [5.74, 6) is 0.531. The van der Waals surface area contributed by atoms with Crippen molar-refractivity contribution in [1.82, 2.24) is 9.21 Å². The van der Waals surface area contributed by atoms with Crippen molar-refractivity contribution in [3.63, 3.8) is 0 Å². The molecule has 2 aromatic carbocycles. The molecule has 38 heavy (non-hydrogen) atoms. The van der Waals surface area contributed by atoms with E-state index in [1.165, 1.54) is 0 Å². The summed E-state index contributed by atoms with van der Waals surface area (Å²) < 4.78 is 40.3. The first-order valence-electron chi connectivity index (χ1n) is 13.3. The Morgan fingerprint density at radius 2 is 1.71 bits per heavy atom. The van der Waals surface area contributed by atoms with Crippen molar-refractivity contribution in [3.05, 3.63) is 53.1 Å². The molecule has 1 fully saturated rings. The standard InChI is InChI=1S/C29H43N3O5S/c1-21(2)31(18-24-11-13-25(14-12-24)30(5)6)28(33)20-37-19-26-10-8-9-15-32(26)38(34,35)29-22(3)16-27(36-7)17-23(29)4/h11-14,16-17,21,26H,8-10,15,18-20H2,1-7H3. The Labute approximate surface area is 228 Å². The minimum Gasteiger partial charge on any atom is -0.497 e. The molecule has 0 spiro atoms. The first-order chi connectivity index (χ1) is 17.9. The molecule has 2 aromatic rings. The normalized spacial score (nSPS) is 16.5. The number of amides is 1. The van der Waals surface area contributed by atoms with Gasteiger partial charge in [0.05, 0.1) is 18.6 Å². The lowest BCUT2D eigenvalue weighted by Crippen LogP contribution is -2.47. The fourth-order valence-electron chi connectivity index (χ4n) is 5.03. The predicted octanol–water partition coefficient (Wildman–Crippen LogP) is 4.38. The zero-order valence-corrected chi connectivity index (χ0v) is 24.7. The van der Waals surface area contributed by atoms with Crippen molar-refractivity contribution in [2.45, 2.75) is 70.5 Å². The number of rotatable bonds is 11. The van der Waals surface area contributed by atoms with Crippen LogP contribution < -0.4 is 9.64 Å². The molecule has 0 N–H and O–H groups in total. The van der Waals surface area contributed by atoms with Crippen LogP contribution in [0.15, 0.2) is 41.3 Å². The summed E-state index contributed by atoms with van der Waals surface area (Å²) in [6.45, 7) is 8.60. The van der Waals surface area contributed by atoms with Crippen LogP contribution in [0.25, 0.3) is 0 Å². The van der Waals surface area contributed by atoms with Gasteiger partial charge >= 0.3 is 0 Å². The van der Waals surface area contributed by atoms with Crippen LogP contribution in [0, 0.1) is 13.8 Å². The maximum Gasteiger partial charge on any atom is 0.249 e. The zero-order chi connectivity index (χ0) is 28.0. The van der Waals surface area contributed by atoms with Gasteiger partial charge in [-0.2, -0.15) is 4.31 Å². The Morgan fingerprint density at radius 3 is 2.26 bits per heavy atom. The first-order valence-corrected chi connectivity index (χ1v) is 14.7. The van der Waals surface area contributed by atoms with E-state index in [2.05, 4.69) is 0 Å². The van der Waals surface area contributed by atoms with E-state index in [1.54, 1.807) is 42.3 Å². The summed E-state index contributed by atoms with van der Waals surface area (Å²) in [6, 6.07) is 11.4. The fraction of sp³-hybridized carbons (Fsp3) is 0.552. The van der Waals surface area contributed by atoms with Gasteiger partial charge < -0.3 is 19.3 Å². The Morgan fingerprint density at radius 1 is 1.08 bits per heavy atom. The van der Waals surface area contributed by atoms with Crippen LogP contribution in [-0.2, 0) is 26.1 Å². The minimum absolute atomic E-state index is 0.00667. The number of ether oxygens (including phenoxy) is 2. The first kappa shape index (κ1) is 29.9. The van der Waals surface area contributed by atoms with Crippen LogP contribution in [0.4, 0.5) is 5.69 Å². The van der Waals surface area contributed by atoms with Gasteiger partial charge in [0.2, 0.25) is 15.9 Å². The molecule has 8 nitrogen and oxygen atoms in total. The van der Waals surface area contributed by atoms with E-state index in [0.29, 0.717) is 41.3 Å². The molecule has 0 saturated carbocycles. The maximum atomic E-state index is 13.8. The van der Waals surface area contributed by atoms with Gasteiger partial charge in [0.25, 0.3) is 0 Å². The zero-order valence-electron chi connectivity index (χ0n) is 23.9. The van der Waals surface area contributed by atoms with Gasteiger partial charge in [0, 0.05) is 45.0 Å². The van der Waals surface area contributed by atoms with Crippen molar-refractivity contribution in [2.75, 3.05) is 45.9 Å². The summed E-state index contributed by atoms with van der Waals surface area (Å²) in [5, 5.41) is 0. The molecule has 1 aliphatic heterocycles. The number of aryl methyl sites for hydroxylation is 2. The molecule has 0 radical (unpaired) electrons. The van der Waals surface area contributed by atoms with Crippen molar-refractivity contribution in [3.8, 4) is 5.75 Å². The predicted molar refractivity (Wildman–Crippen MR) is 151 cm³/mol. The van der Waals surface area contributed by atoms with Gasteiger partial charge in [-0.05, 0) is 81.5 Å². The van der Waals surface area contributed by atoms with Crippen LogP contribution in [0.3, 0.4) is 0 Å². The quantitative estimate of drug-likeness (QED) is 0.417. The third kappa shape index (κ3) is 7.07.